The van der Waals surface area contributed by atoms with Gasteiger partial charge in [-0.15, -0.1) is 0 Å². The molecule has 0 radical (unpaired) electrons. The quantitative estimate of drug-likeness (QED) is 0.693. The van der Waals surface area contributed by atoms with Crippen LogP contribution in [0.15, 0.2) is 54.6 Å². The number of rotatable bonds is 9. The molecule has 0 unspecified atom stereocenters. The van der Waals surface area contributed by atoms with E-state index in [4.69, 9.17) is 9.84 Å². The average molecular weight is 284 g/mol. The van der Waals surface area contributed by atoms with Crippen LogP contribution in [0.2, 0.25) is 0 Å². The van der Waals surface area contributed by atoms with E-state index in [0.717, 1.165) is 25.0 Å². The second kappa shape index (κ2) is 9.19. The summed E-state index contributed by atoms with van der Waals surface area (Å²) in [6.45, 7) is 0.925. The predicted molar refractivity (Wildman–Crippen MR) is 86.5 cm³/mol. The Bertz CT molecular complexity index is 491. The zero-order chi connectivity index (χ0) is 14.8. The SMILES string of the molecule is OCCCCCCc1ccc(OCc2ccccc2)cc1. The molecule has 0 saturated carbocycles. The van der Waals surface area contributed by atoms with Gasteiger partial charge >= 0.3 is 0 Å². The molecule has 0 aliphatic rings. The van der Waals surface area contributed by atoms with Gasteiger partial charge in [-0.3, -0.25) is 0 Å². The molecule has 0 atom stereocenters. The standard InChI is InChI=1S/C19H24O2/c20-15-7-2-1-4-8-17-11-13-19(14-12-17)21-16-18-9-5-3-6-10-18/h3,5-6,9-14,20H,1-2,4,7-8,15-16H2. The molecule has 0 bridgehead atoms. The van der Waals surface area contributed by atoms with Gasteiger partial charge in [-0.25, -0.2) is 0 Å². The highest BCUT2D eigenvalue weighted by Crippen LogP contribution is 2.16. The molecule has 2 aromatic carbocycles. The average Bonchev–Trinajstić information content (AvgIpc) is 2.55. The van der Waals surface area contributed by atoms with Crippen LogP contribution >= 0.6 is 0 Å². The number of hydrogen-bond acceptors (Lipinski definition) is 2. The maximum Gasteiger partial charge on any atom is 0.119 e. The molecule has 112 valence electrons. The molecule has 2 aromatic rings. The summed E-state index contributed by atoms with van der Waals surface area (Å²) in [5, 5.41) is 8.73. The Morgan fingerprint density at radius 2 is 1.43 bits per heavy atom. The van der Waals surface area contributed by atoms with Gasteiger partial charge in [-0.05, 0) is 42.5 Å². The van der Waals surface area contributed by atoms with Crippen LogP contribution in [0.3, 0.4) is 0 Å². The molecule has 2 rings (SSSR count). The first-order chi connectivity index (χ1) is 10.4. The number of aryl methyl sites for hydroxylation is 1. The van der Waals surface area contributed by atoms with Crippen LogP contribution in [-0.2, 0) is 13.0 Å². The summed E-state index contributed by atoms with van der Waals surface area (Å²) in [6, 6.07) is 18.6. The van der Waals surface area contributed by atoms with Gasteiger partial charge in [0.15, 0.2) is 0 Å². The number of benzene rings is 2. The van der Waals surface area contributed by atoms with Crippen LogP contribution in [0, 0.1) is 0 Å². The number of aliphatic hydroxyl groups is 1. The van der Waals surface area contributed by atoms with Crippen molar-refractivity contribution in [3.8, 4) is 5.75 Å². The summed E-state index contributed by atoms with van der Waals surface area (Å²) in [5.41, 5.74) is 2.54. The normalized spacial score (nSPS) is 10.5. The van der Waals surface area contributed by atoms with E-state index >= 15 is 0 Å². The third kappa shape index (κ3) is 6.01. The van der Waals surface area contributed by atoms with Crippen LogP contribution < -0.4 is 4.74 Å². The van der Waals surface area contributed by atoms with Crippen molar-refractivity contribution in [3.63, 3.8) is 0 Å². The fourth-order valence-corrected chi connectivity index (χ4v) is 2.29. The molecule has 0 fully saturated rings. The Labute approximate surface area is 127 Å². The molecule has 0 aliphatic carbocycles. The Kier molecular flexibility index (Phi) is 6.82. The zero-order valence-electron chi connectivity index (χ0n) is 12.5. The number of hydrogen-bond donors (Lipinski definition) is 1. The Balaban J connectivity index is 1.71. The second-order valence-corrected chi connectivity index (χ2v) is 5.31. The van der Waals surface area contributed by atoms with Gasteiger partial charge in [0.2, 0.25) is 0 Å². The summed E-state index contributed by atoms with van der Waals surface area (Å²) < 4.78 is 5.78. The van der Waals surface area contributed by atoms with Crippen molar-refractivity contribution in [2.45, 2.75) is 38.7 Å². The van der Waals surface area contributed by atoms with E-state index in [9.17, 15) is 0 Å². The van der Waals surface area contributed by atoms with Crippen molar-refractivity contribution >= 4 is 0 Å². The zero-order valence-corrected chi connectivity index (χ0v) is 12.5. The van der Waals surface area contributed by atoms with Crippen LogP contribution in [0.5, 0.6) is 5.75 Å². The van der Waals surface area contributed by atoms with Gasteiger partial charge in [-0.2, -0.15) is 0 Å². The van der Waals surface area contributed by atoms with E-state index in [-0.39, 0.29) is 0 Å². The molecule has 21 heavy (non-hydrogen) atoms. The van der Waals surface area contributed by atoms with Gasteiger partial charge in [0.05, 0.1) is 0 Å². The largest absolute Gasteiger partial charge is 0.489 e. The maximum atomic E-state index is 8.73. The lowest BCUT2D eigenvalue weighted by Crippen LogP contribution is -1.95. The predicted octanol–water partition coefficient (Wildman–Crippen LogP) is 4.36. The van der Waals surface area contributed by atoms with E-state index in [0.29, 0.717) is 13.2 Å². The summed E-state index contributed by atoms with van der Waals surface area (Å²) in [4.78, 5) is 0. The minimum atomic E-state index is 0.313. The Morgan fingerprint density at radius 1 is 0.714 bits per heavy atom. The topological polar surface area (TPSA) is 29.5 Å². The number of aliphatic hydroxyl groups excluding tert-OH is 1. The summed E-state index contributed by atoms with van der Waals surface area (Å²) in [6.07, 6.45) is 5.52. The van der Waals surface area contributed by atoms with E-state index in [1.165, 1.54) is 24.0 Å². The molecule has 0 heterocycles. The van der Waals surface area contributed by atoms with Crippen molar-refractivity contribution in [3.05, 3.63) is 65.7 Å². The van der Waals surface area contributed by atoms with Crippen LogP contribution in [0.1, 0.15) is 36.8 Å². The van der Waals surface area contributed by atoms with Crippen molar-refractivity contribution in [1.82, 2.24) is 0 Å². The van der Waals surface area contributed by atoms with Crippen molar-refractivity contribution < 1.29 is 9.84 Å². The number of ether oxygens (including phenoxy) is 1. The summed E-state index contributed by atoms with van der Waals surface area (Å²) in [7, 11) is 0. The van der Waals surface area contributed by atoms with E-state index in [1.54, 1.807) is 0 Å². The van der Waals surface area contributed by atoms with Crippen LogP contribution in [0.4, 0.5) is 0 Å². The lowest BCUT2D eigenvalue weighted by molar-refractivity contribution is 0.282. The molecule has 0 aromatic heterocycles. The highest BCUT2D eigenvalue weighted by Gasteiger charge is 1.98. The first-order valence-corrected chi connectivity index (χ1v) is 7.75. The van der Waals surface area contributed by atoms with Gasteiger partial charge in [0.1, 0.15) is 12.4 Å². The minimum Gasteiger partial charge on any atom is -0.489 e. The van der Waals surface area contributed by atoms with Crippen molar-refractivity contribution in [2.75, 3.05) is 6.61 Å². The molecule has 0 aliphatic heterocycles. The maximum absolute atomic E-state index is 8.73. The smallest absolute Gasteiger partial charge is 0.119 e. The Hall–Kier alpha value is -1.80. The Morgan fingerprint density at radius 3 is 2.14 bits per heavy atom. The molecule has 1 N–H and O–H groups in total. The van der Waals surface area contributed by atoms with E-state index < -0.39 is 0 Å². The van der Waals surface area contributed by atoms with E-state index in [1.807, 2.05) is 30.3 Å². The molecule has 2 nitrogen and oxygen atoms in total. The molecule has 0 spiro atoms. The fourth-order valence-electron chi connectivity index (χ4n) is 2.29. The molecular weight excluding hydrogens is 260 g/mol. The van der Waals surface area contributed by atoms with Gasteiger partial charge in [0, 0.05) is 6.61 Å². The molecule has 2 heteroatoms. The van der Waals surface area contributed by atoms with Gasteiger partial charge in [0.25, 0.3) is 0 Å². The van der Waals surface area contributed by atoms with E-state index in [2.05, 4.69) is 24.3 Å². The minimum absolute atomic E-state index is 0.313. The van der Waals surface area contributed by atoms with Gasteiger partial charge in [-0.1, -0.05) is 55.3 Å². The second-order valence-electron chi connectivity index (χ2n) is 5.31. The first-order valence-electron chi connectivity index (χ1n) is 7.75. The molecule has 0 saturated heterocycles. The third-order valence-electron chi connectivity index (χ3n) is 3.55. The lowest BCUT2D eigenvalue weighted by atomic mass is 10.1. The van der Waals surface area contributed by atoms with Crippen molar-refractivity contribution in [1.29, 1.82) is 0 Å². The lowest BCUT2D eigenvalue weighted by Gasteiger charge is -2.07. The fraction of sp³-hybridized carbons (Fsp3) is 0.368. The monoisotopic (exact) mass is 284 g/mol. The highest BCUT2D eigenvalue weighted by molar-refractivity contribution is 5.27. The number of unbranched alkanes of at least 4 members (excludes halogenated alkanes) is 3. The van der Waals surface area contributed by atoms with Crippen LogP contribution in [-0.4, -0.2) is 11.7 Å². The summed E-state index contributed by atoms with van der Waals surface area (Å²) >= 11 is 0. The van der Waals surface area contributed by atoms with Gasteiger partial charge < -0.3 is 9.84 Å². The molecular formula is C19H24O2. The molecule has 0 amide bonds. The third-order valence-corrected chi connectivity index (χ3v) is 3.55. The highest BCUT2D eigenvalue weighted by atomic mass is 16.5. The summed E-state index contributed by atoms with van der Waals surface area (Å²) in [5.74, 6) is 0.919. The van der Waals surface area contributed by atoms with Crippen molar-refractivity contribution in [2.24, 2.45) is 0 Å². The van der Waals surface area contributed by atoms with Crippen LogP contribution in [0.25, 0.3) is 0 Å². The first kappa shape index (κ1) is 15.6.